The first kappa shape index (κ1) is 15.1. The Morgan fingerprint density at radius 2 is 1.95 bits per heavy atom. The van der Waals surface area contributed by atoms with Crippen molar-refractivity contribution in [2.24, 2.45) is 5.92 Å². The van der Waals surface area contributed by atoms with E-state index in [4.69, 9.17) is 0 Å². The van der Waals surface area contributed by atoms with E-state index >= 15 is 0 Å². The zero-order chi connectivity index (χ0) is 14.6. The number of anilines is 1. The summed E-state index contributed by atoms with van der Waals surface area (Å²) in [5, 5.41) is 16.5. The van der Waals surface area contributed by atoms with Crippen LogP contribution in [0.25, 0.3) is 0 Å². The predicted molar refractivity (Wildman–Crippen MR) is 74.3 cm³/mol. The van der Waals surface area contributed by atoms with Crippen LogP contribution in [0.1, 0.15) is 18.1 Å². The molecule has 1 atom stereocenters. The van der Waals surface area contributed by atoms with Crippen molar-refractivity contribution in [1.29, 1.82) is 0 Å². The first-order valence-corrected chi connectivity index (χ1v) is 6.08. The van der Waals surface area contributed by atoms with Gasteiger partial charge in [-0.05, 0) is 38.1 Å². The zero-order valence-electron chi connectivity index (χ0n) is 11.6. The average molecular weight is 265 g/mol. The van der Waals surface area contributed by atoms with Crippen LogP contribution in [0.5, 0.6) is 0 Å². The second-order valence-corrected chi connectivity index (χ2v) is 4.66. The number of rotatable bonds is 5. The molecule has 1 rings (SSSR count). The standard InChI is InChI=1S/C13H19N3O3/c1-8-5-11(12(16(18)19)6-9(8)2)15-13(17)10(3)7-14-4/h5-6,10,14H,7H2,1-4H3,(H,15,17). The van der Waals surface area contributed by atoms with Gasteiger partial charge in [0.2, 0.25) is 5.91 Å². The quantitative estimate of drug-likeness (QED) is 0.630. The van der Waals surface area contributed by atoms with Crippen molar-refractivity contribution in [1.82, 2.24) is 5.32 Å². The van der Waals surface area contributed by atoms with Crippen molar-refractivity contribution in [2.75, 3.05) is 18.9 Å². The van der Waals surface area contributed by atoms with Gasteiger partial charge in [-0.3, -0.25) is 14.9 Å². The lowest BCUT2D eigenvalue weighted by atomic mass is 10.1. The molecular formula is C13H19N3O3. The molecule has 0 bridgehead atoms. The molecule has 104 valence electrons. The summed E-state index contributed by atoms with van der Waals surface area (Å²) in [4.78, 5) is 22.4. The Hall–Kier alpha value is -1.95. The Balaban J connectivity index is 3.03. The van der Waals surface area contributed by atoms with E-state index in [1.54, 1.807) is 27.0 Å². The van der Waals surface area contributed by atoms with Gasteiger partial charge in [-0.2, -0.15) is 0 Å². The number of nitrogens with zero attached hydrogens (tertiary/aromatic N) is 1. The Morgan fingerprint density at radius 3 is 2.47 bits per heavy atom. The second-order valence-electron chi connectivity index (χ2n) is 4.66. The fourth-order valence-corrected chi connectivity index (χ4v) is 1.71. The van der Waals surface area contributed by atoms with Crippen LogP contribution in [0.15, 0.2) is 12.1 Å². The summed E-state index contributed by atoms with van der Waals surface area (Å²) in [6.45, 7) is 5.94. The summed E-state index contributed by atoms with van der Waals surface area (Å²) in [6.07, 6.45) is 0. The summed E-state index contributed by atoms with van der Waals surface area (Å²) in [5.41, 5.74) is 1.91. The van der Waals surface area contributed by atoms with Crippen LogP contribution in [0.2, 0.25) is 0 Å². The van der Waals surface area contributed by atoms with Crippen LogP contribution in [0, 0.1) is 29.9 Å². The molecule has 0 aromatic heterocycles. The van der Waals surface area contributed by atoms with Crippen molar-refractivity contribution in [3.63, 3.8) is 0 Å². The Kier molecular flexibility index (Phi) is 5.00. The summed E-state index contributed by atoms with van der Waals surface area (Å²) >= 11 is 0. The third-order valence-corrected chi connectivity index (χ3v) is 3.02. The van der Waals surface area contributed by atoms with Gasteiger partial charge in [-0.15, -0.1) is 0 Å². The van der Waals surface area contributed by atoms with Crippen LogP contribution in [0.3, 0.4) is 0 Å². The highest BCUT2D eigenvalue weighted by Gasteiger charge is 2.19. The van der Waals surface area contributed by atoms with Gasteiger partial charge in [0.15, 0.2) is 0 Å². The zero-order valence-corrected chi connectivity index (χ0v) is 11.6. The molecule has 1 aromatic carbocycles. The number of hydrogen-bond acceptors (Lipinski definition) is 4. The summed E-state index contributed by atoms with van der Waals surface area (Å²) in [7, 11) is 1.75. The lowest BCUT2D eigenvalue weighted by Crippen LogP contribution is -2.28. The van der Waals surface area contributed by atoms with Crippen LogP contribution >= 0.6 is 0 Å². The van der Waals surface area contributed by atoms with E-state index in [1.165, 1.54) is 6.07 Å². The summed E-state index contributed by atoms with van der Waals surface area (Å²) in [6, 6.07) is 3.12. The van der Waals surface area contributed by atoms with Crippen molar-refractivity contribution in [3.8, 4) is 0 Å². The molecule has 0 saturated heterocycles. The van der Waals surface area contributed by atoms with E-state index in [-0.39, 0.29) is 23.2 Å². The maximum Gasteiger partial charge on any atom is 0.293 e. The van der Waals surface area contributed by atoms with Crippen LogP contribution in [-0.4, -0.2) is 24.4 Å². The molecule has 0 fully saturated rings. The fourth-order valence-electron chi connectivity index (χ4n) is 1.71. The highest BCUT2D eigenvalue weighted by atomic mass is 16.6. The monoisotopic (exact) mass is 265 g/mol. The van der Waals surface area contributed by atoms with Crippen molar-refractivity contribution < 1.29 is 9.72 Å². The van der Waals surface area contributed by atoms with E-state index < -0.39 is 4.92 Å². The maximum absolute atomic E-state index is 11.9. The molecule has 6 nitrogen and oxygen atoms in total. The molecular weight excluding hydrogens is 246 g/mol. The van der Waals surface area contributed by atoms with Gasteiger partial charge < -0.3 is 10.6 Å². The SMILES string of the molecule is CNCC(C)C(=O)Nc1cc(C)c(C)cc1[N+](=O)[O-]. The fraction of sp³-hybridized carbons (Fsp3) is 0.462. The van der Waals surface area contributed by atoms with E-state index in [9.17, 15) is 14.9 Å². The van der Waals surface area contributed by atoms with Gasteiger partial charge in [0.05, 0.1) is 4.92 Å². The highest BCUT2D eigenvalue weighted by Crippen LogP contribution is 2.28. The predicted octanol–water partition coefficient (Wildman–Crippen LogP) is 2.01. The van der Waals surface area contributed by atoms with Crippen LogP contribution in [0.4, 0.5) is 11.4 Å². The third kappa shape index (κ3) is 3.75. The van der Waals surface area contributed by atoms with Crippen LogP contribution < -0.4 is 10.6 Å². The lowest BCUT2D eigenvalue weighted by Gasteiger charge is -2.13. The molecule has 19 heavy (non-hydrogen) atoms. The van der Waals surface area contributed by atoms with Crippen molar-refractivity contribution >= 4 is 17.3 Å². The lowest BCUT2D eigenvalue weighted by molar-refractivity contribution is -0.384. The minimum atomic E-state index is -0.481. The number of aryl methyl sites for hydroxylation is 2. The molecule has 0 aliphatic heterocycles. The molecule has 1 amide bonds. The number of benzene rings is 1. The first-order chi connectivity index (χ1) is 8.86. The smallest absolute Gasteiger partial charge is 0.293 e. The first-order valence-electron chi connectivity index (χ1n) is 6.08. The molecule has 0 radical (unpaired) electrons. The summed E-state index contributed by atoms with van der Waals surface area (Å²) < 4.78 is 0. The molecule has 0 spiro atoms. The van der Waals surface area contributed by atoms with Gasteiger partial charge >= 0.3 is 0 Å². The number of hydrogen-bond donors (Lipinski definition) is 2. The van der Waals surface area contributed by atoms with Gasteiger partial charge in [0.25, 0.3) is 5.69 Å². The van der Waals surface area contributed by atoms with E-state index in [0.717, 1.165) is 11.1 Å². The normalized spacial score (nSPS) is 12.0. The molecule has 1 aromatic rings. The number of nitro benzene ring substituents is 1. The Bertz CT molecular complexity index is 500. The third-order valence-electron chi connectivity index (χ3n) is 3.02. The molecule has 6 heteroatoms. The number of amides is 1. The second kappa shape index (κ2) is 6.29. The molecule has 2 N–H and O–H groups in total. The number of nitro groups is 1. The maximum atomic E-state index is 11.9. The topological polar surface area (TPSA) is 84.3 Å². The molecule has 0 saturated carbocycles. The molecule has 0 heterocycles. The molecule has 1 unspecified atom stereocenters. The van der Waals surface area contributed by atoms with Crippen molar-refractivity contribution in [2.45, 2.75) is 20.8 Å². The van der Waals surface area contributed by atoms with E-state index in [1.807, 2.05) is 6.92 Å². The summed E-state index contributed by atoms with van der Waals surface area (Å²) in [5.74, 6) is -0.494. The highest BCUT2D eigenvalue weighted by molar-refractivity contribution is 5.94. The average Bonchev–Trinajstić information content (AvgIpc) is 2.33. The van der Waals surface area contributed by atoms with Crippen molar-refractivity contribution in [3.05, 3.63) is 33.4 Å². The van der Waals surface area contributed by atoms with Crippen LogP contribution in [-0.2, 0) is 4.79 Å². The minimum Gasteiger partial charge on any atom is -0.320 e. The molecule has 0 aliphatic rings. The Morgan fingerprint density at radius 1 is 1.37 bits per heavy atom. The minimum absolute atomic E-state index is 0.0758. The van der Waals surface area contributed by atoms with E-state index in [0.29, 0.717) is 6.54 Å². The van der Waals surface area contributed by atoms with Gasteiger partial charge in [-0.25, -0.2) is 0 Å². The van der Waals surface area contributed by atoms with E-state index in [2.05, 4.69) is 10.6 Å². The molecule has 0 aliphatic carbocycles. The largest absolute Gasteiger partial charge is 0.320 e. The van der Waals surface area contributed by atoms with Gasteiger partial charge in [0, 0.05) is 18.5 Å². The number of nitrogens with one attached hydrogen (secondary N) is 2. The van der Waals surface area contributed by atoms with Gasteiger partial charge in [-0.1, -0.05) is 6.92 Å². The Labute approximate surface area is 112 Å². The van der Waals surface area contributed by atoms with Gasteiger partial charge in [0.1, 0.15) is 5.69 Å². The number of carbonyl (C=O) groups excluding carboxylic acids is 1. The number of carbonyl (C=O) groups is 1.